The van der Waals surface area contributed by atoms with Gasteiger partial charge in [0.15, 0.2) is 0 Å². The molecule has 1 saturated heterocycles. The molecule has 3 aromatic heterocycles. The molecule has 0 bridgehead atoms. The van der Waals surface area contributed by atoms with Gasteiger partial charge in [-0.15, -0.1) is 12.4 Å². The molecule has 2 atom stereocenters. The number of aryl methyl sites for hydroxylation is 2. The summed E-state index contributed by atoms with van der Waals surface area (Å²) in [6.07, 6.45) is 7.58. The molecule has 0 aromatic carbocycles. The number of hydrogen-bond acceptors (Lipinski definition) is 6. The molecule has 28 heavy (non-hydrogen) atoms. The van der Waals surface area contributed by atoms with Crippen LogP contribution in [0.1, 0.15) is 25.2 Å². The minimum atomic E-state index is 0. The summed E-state index contributed by atoms with van der Waals surface area (Å²) in [6.45, 7) is 9.73. The molecule has 0 N–H and O–H groups in total. The van der Waals surface area contributed by atoms with Crippen LogP contribution >= 0.6 is 12.4 Å². The summed E-state index contributed by atoms with van der Waals surface area (Å²) in [6, 6.07) is 3.97. The van der Waals surface area contributed by atoms with Crippen LogP contribution in [0.3, 0.4) is 0 Å². The van der Waals surface area contributed by atoms with E-state index < -0.39 is 0 Å². The van der Waals surface area contributed by atoms with Crippen molar-refractivity contribution in [2.75, 3.05) is 18.0 Å². The molecule has 0 aliphatic carbocycles. The number of hydrogen-bond donors (Lipinski definition) is 0. The van der Waals surface area contributed by atoms with E-state index in [0.717, 1.165) is 52.7 Å². The van der Waals surface area contributed by atoms with Crippen LogP contribution in [0.5, 0.6) is 0 Å². The van der Waals surface area contributed by atoms with Gasteiger partial charge in [0.1, 0.15) is 5.76 Å². The smallest absolute Gasteiger partial charge is 0.226 e. The zero-order valence-corrected chi connectivity index (χ0v) is 17.4. The lowest BCUT2D eigenvalue weighted by molar-refractivity contribution is -0.00571. The fourth-order valence-electron chi connectivity index (χ4n) is 3.67. The Hall–Kier alpha value is -2.44. The fraction of sp³-hybridized carbons (Fsp3) is 0.381. The van der Waals surface area contributed by atoms with E-state index in [2.05, 4.69) is 23.7 Å². The summed E-state index contributed by atoms with van der Waals surface area (Å²) >= 11 is 0. The van der Waals surface area contributed by atoms with E-state index in [4.69, 9.17) is 19.1 Å². The monoisotopic (exact) mass is 400 g/mol. The van der Waals surface area contributed by atoms with Gasteiger partial charge in [-0.3, -0.25) is 4.98 Å². The third-order valence-electron chi connectivity index (χ3n) is 4.90. The molecule has 1 fully saturated rings. The Bertz CT molecular complexity index is 949. The topological polar surface area (TPSA) is 64.3 Å². The molecule has 4 heterocycles. The first-order valence-electron chi connectivity index (χ1n) is 9.26. The van der Waals surface area contributed by atoms with Crippen molar-refractivity contribution in [2.45, 2.75) is 39.9 Å². The minimum Gasteiger partial charge on any atom is -0.469 e. The zero-order chi connectivity index (χ0) is 19.0. The van der Waals surface area contributed by atoms with E-state index in [1.165, 1.54) is 0 Å². The lowest BCUT2D eigenvalue weighted by Crippen LogP contribution is -2.46. The van der Waals surface area contributed by atoms with E-state index in [9.17, 15) is 0 Å². The predicted molar refractivity (Wildman–Crippen MR) is 112 cm³/mol. The van der Waals surface area contributed by atoms with Crippen LogP contribution in [0.15, 0.2) is 41.4 Å². The van der Waals surface area contributed by atoms with Crippen molar-refractivity contribution in [1.29, 1.82) is 0 Å². The lowest BCUT2D eigenvalue weighted by atomic mass is 9.99. The summed E-state index contributed by atoms with van der Waals surface area (Å²) in [7, 11) is 0. The predicted octanol–water partition coefficient (Wildman–Crippen LogP) is 4.45. The van der Waals surface area contributed by atoms with Crippen molar-refractivity contribution in [3.05, 3.63) is 48.3 Å². The number of aromatic nitrogens is 3. The summed E-state index contributed by atoms with van der Waals surface area (Å²) in [5.74, 6) is 1.57. The number of pyridine rings is 1. The molecule has 6 nitrogen and oxygen atoms in total. The highest BCUT2D eigenvalue weighted by atomic mass is 35.5. The second kappa shape index (κ2) is 8.29. The lowest BCUT2D eigenvalue weighted by Gasteiger charge is -2.35. The summed E-state index contributed by atoms with van der Waals surface area (Å²) in [4.78, 5) is 16.1. The van der Waals surface area contributed by atoms with Crippen LogP contribution in [-0.2, 0) is 4.74 Å². The van der Waals surface area contributed by atoms with Crippen LogP contribution in [-0.4, -0.2) is 40.2 Å². The molecule has 148 valence electrons. The Morgan fingerprint density at radius 1 is 1.00 bits per heavy atom. The van der Waals surface area contributed by atoms with Gasteiger partial charge in [0.05, 0.1) is 24.2 Å². The SMILES string of the molecule is Cc1cnccc1-c1cnc(N2C[C@@H](C)O[C@@H](C)C2)nc1-c1ccoc1C.Cl. The Kier molecular flexibility index (Phi) is 6.01. The van der Waals surface area contributed by atoms with Gasteiger partial charge in [-0.2, -0.15) is 0 Å². The van der Waals surface area contributed by atoms with Gasteiger partial charge >= 0.3 is 0 Å². The number of halogens is 1. The number of rotatable bonds is 3. The molecule has 1 aliphatic heterocycles. The molecular weight excluding hydrogens is 376 g/mol. The molecular formula is C21H25ClN4O2. The molecule has 7 heteroatoms. The molecule has 0 saturated carbocycles. The summed E-state index contributed by atoms with van der Waals surface area (Å²) in [5, 5.41) is 0. The van der Waals surface area contributed by atoms with Crippen LogP contribution in [0.2, 0.25) is 0 Å². The molecule has 0 unspecified atom stereocenters. The maximum atomic E-state index is 5.85. The van der Waals surface area contributed by atoms with Crippen molar-refractivity contribution in [3.8, 4) is 22.4 Å². The quantitative estimate of drug-likeness (QED) is 0.647. The van der Waals surface area contributed by atoms with Crippen LogP contribution < -0.4 is 4.90 Å². The first-order valence-corrected chi connectivity index (χ1v) is 9.26. The van der Waals surface area contributed by atoms with E-state index in [1.54, 1.807) is 12.5 Å². The first kappa shape index (κ1) is 20.3. The van der Waals surface area contributed by atoms with E-state index >= 15 is 0 Å². The van der Waals surface area contributed by atoms with Crippen molar-refractivity contribution >= 4 is 18.4 Å². The average Bonchev–Trinajstić information content (AvgIpc) is 3.07. The van der Waals surface area contributed by atoms with Crippen molar-refractivity contribution in [2.24, 2.45) is 0 Å². The number of ether oxygens (including phenoxy) is 1. The molecule has 3 aromatic rings. The highest BCUT2D eigenvalue weighted by Crippen LogP contribution is 2.35. The van der Waals surface area contributed by atoms with Gasteiger partial charge < -0.3 is 14.1 Å². The van der Waals surface area contributed by atoms with E-state index in [-0.39, 0.29) is 24.6 Å². The number of nitrogens with zero attached hydrogens (tertiary/aromatic N) is 4. The third-order valence-corrected chi connectivity index (χ3v) is 4.90. The van der Waals surface area contributed by atoms with Crippen molar-refractivity contribution < 1.29 is 9.15 Å². The molecule has 0 spiro atoms. The van der Waals surface area contributed by atoms with Gasteiger partial charge in [-0.05, 0) is 51.0 Å². The molecule has 0 radical (unpaired) electrons. The first-order chi connectivity index (χ1) is 13.0. The van der Waals surface area contributed by atoms with Crippen molar-refractivity contribution in [1.82, 2.24) is 15.0 Å². The second-order valence-electron chi connectivity index (χ2n) is 7.18. The van der Waals surface area contributed by atoms with E-state index in [1.807, 2.05) is 38.4 Å². The number of furan rings is 1. The summed E-state index contributed by atoms with van der Waals surface area (Å²) < 4.78 is 11.4. The van der Waals surface area contributed by atoms with Crippen LogP contribution in [0.25, 0.3) is 22.4 Å². The summed E-state index contributed by atoms with van der Waals surface area (Å²) in [5.41, 5.74) is 5.02. The third kappa shape index (κ3) is 3.88. The Balaban J connectivity index is 0.00000225. The fourth-order valence-corrected chi connectivity index (χ4v) is 3.67. The highest BCUT2D eigenvalue weighted by Gasteiger charge is 2.25. The maximum absolute atomic E-state index is 5.85. The zero-order valence-electron chi connectivity index (χ0n) is 16.5. The number of anilines is 1. The Morgan fingerprint density at radius 3 is 2.39 bits per heavy atom. The van der Waals surface area contributed by atoms with Gasteiger partial charge in [-0.1, -0.05) is 0 Å². The second-order valence-corrected chi connectivity index (χ2v) is 7.18. The van der Waals surface area contributed by atoms with Gasteiger partial charge in [0.25, 0.3) is 0 Å². The van der Waals surface area contributed by atoms with Crippen molar-refractivity contribution in [3.63, 3.8) is 0 Å². The Labute approximate surface area is 171 Å². The van der Waals surface area contributed by atoms with Gasteiger partial charge in [0.2, 0.25) is 5.95 Å². The van der Waals surface area contributed by atoms with E-state index in [0.29, 0.717) is 0 Å². The van der Waals surface area contributed by atoms with Crippen LogP contribution in [0.4, 0.5) is 5.95 Å². The maximum Gasteiger partial charge on any atom is 0.226 e. The normalized spacial score (nSPS) is 19.4. The molecule has 4 rings (SSSR count). The van der Waals surface area contributed by atoms with Gasteiger partial charge in [-0.25, -0.2) is 9.97 Å². The Morgan fingerprint density at radius 2 is 1.75 bits per heavy atom. The standard InChI is InChI=1S/C21H24N4O2.ClH/c1-13-9-22-7-5-17(13)19-10-23-21(25-11-14(2)27-15(3)12-25)24-20(19)18-6-8-26-16(18)4;/h5-10,14-15H,11-12H2,1-4H3;1H/t14-,15+;. The average molecular weight is 401 g/mol. The van der Waals surface area contributed by atoms with Gasteiger partial charge in [0, 0.05) is 42.8 Å². The molecule has 1 aliphatic rings. The molecule has 0 amide bonds. The largest absolute Gasteiger partial charge is 0.469 e. The number of morpholine rings is 1. The minimum absolute atomic E-state index is 0. The highest BCUT2D eigenvalue weighted by molar-refractivity contribution is 5.85. The van der Waals surface area contributed by atoms with Crippen LogP contribution in [0, 0.1) is 13.8 Å².